The fraction of sp³-hybridized carbons (Fsp3) is 0.500. The smallest absolute Gasteiger partial charge is 0.242 e. The number of sulfonamides is 1. The summed E-state index contributed by atoms with van der Waals surface area (Å²) in [5.74, 6) is 1.51. The van der Waals surface area contributed by atoms with Gasteiger partial charge in [0.1, 0.15) is 5.75 Å². The lowest BCUT2D eigenvalue weighted by molar-refractivity contribution is -0.122. The summed E-state index contributed by atoms with van der Waals surface area (Å²) < 4.78 is 31.8. The monoisotopic (exact) mass is 487 g/mol. The van der Waals surface area contributed by atoms with Crippen LogP contribution in [0, 0.1) is 5.92 Å². The predicted molar refractivity (Wildman–Crippen MR) is 134 cm³/mol. The van der Waals surface area contributed by atoms with E-state index in [9.17, 15) is 13.2 Å². The molecular weight excluding hydrogens is 450 g/mol. The van der Waals surface area contributed by atoms with Crippen LogP contribution in [0.3, 0.4) is 0 Å². The van der Waals surface area contributed by atoms with Crippen molar-refractivity contribution in [1.29, 1.82) is 0 Å². The number of likely N-dealkylation sites (tertiary alicyclic amines) is 1. The molecule has 1 saturated heterocycles. The van der Waals surface area contributed by atoms with Crippen molar-refractivity contribution in [3.8, 4) is 5.75 Å². The van der Waals surface area contributed by atoms with Crippen molar-refractivity contribution in [2.24, 2.45) is 5.92 Å². The highest BCUT2D eigenvalue weighted by atomic mass is 32.2. The van der Waals surface area contributed by atoms with Crippen LogP contribution in [0.4, 0.5) is 0 Å². The van der Waals surface area contributed by atoms with Gasteiger partial charge in [0, 0.05) is 20.6 Å². The van der Waals surface area contributed by atoms with Crippen LogP contribution in [0.1, 0.15) is 37.3 Å². The minimum absolute atomic E-state index is 0.0788. The molecular formula is C26H37N3O4S. The van der Waals surface area contributed by atoms with Crippen molar-refractivity contribution in [3.05, 3.63) is 59.7 Å². The van der Waals surface area contributed by atoms with E-state index in [0.717, 1.165) is 44.5 Å². The van der Waals surface area contributed by atoms with E-state index >= 15 is 0 Å². The first-order chi connectivity index (χ1) is 16.3. The van der Waals surface area contributed by atoms with Crippen LogP contribution in [-0.4, -0.2) is 63.9 Å². The van der Waals surface area contributed by atoms with Crippen LogP contribution in [-0.2, 0) is 27.8 Å². The molecule has 0 bridgehead atoms. The van der Waals surface area contributed by atoms with Gasteiger partial charge in [-0.15, -0.1) is 0 Å². The highest BCUT2D eigenvalue weighted by Gasteiger charge is 2.23. The van der Waals surface area contributed by atoms with Gasteiger partial charge in [-0.2, -0.15) is 0 Å². The predicted octanol–water partition coefficient (Wildman–Crippen LogP) is 3.30. The van der Waals surface area contributed by atoms with Crippen molar-refractivity contribution >= 4 is 15.9 Å². The summed E-state index contributed by atoms with van der Waals surface area (Å²) in [6, 6.07) is 15.2. The van der Waals surface area contributed by atoms with Gasteiger partial charge in [-0.1, -0.05) is 30.3 Å². The second-order valence-electron chi connectivity index (χ2n) is 9.01. The molecule has 1 fully saturated rings. The van der Waals surface area contributed by atoms with Gasteiger partial charge in [0.05, 0.1) is 18.0 Å². The third-order valence-electron chi connectivity index (χ3n) is 6.36. The maximum absolute atomic E-state index is 12.5. The first-order valence-corrected chi connectivity index (χ1v) is 13.4. The van der Waals surface area contributed by atoms with Crippen molar-refractivity contribution in [2.45, 2.75) is 44.0 Å². The third kappa shape index (κ3) is 7.29. The minimum atomic E-state index is -3.55. The lowest BCUT2D eigenvalue weighted by Crippen LogP contribution is -2.41. The summed E-state index contributed by atoms with van der Waals surface area (Å²) in [6.45, 7) is 5.03. The molecule has 0 saturated carbocycles. The number of rotatable bonds is 11. The van der Waals surface area contributed by atoms with Crippen molar-refractivity contribution in [1.82, 2.24) is 14.5 Å². The summed E-state index contributed by atoms with van der Waals surface area (Å²) >= 11 is 0. The molecule has 0 radical (unpaired) electrons. The minimum Gasteiger partial charge on any atom is -0.494 e. The second kappa shape index (κ2) is 12.3. The largest absolute Gasteiger partial charge is 0.494 e. The number of nitrogens with one attached hydrogen (secondary N) is 1. The summed E-state index contributed by atoms with van der Waals surface area (Å²) in [5, 5.41) is 2.90. The van der Waals surface area contributed by atoms with Crippen LogP contribution >= 0.6 is 0 Å². The maximum Gasteiger partial charge on any atom is 0.242 e. The lowest BCUT2D eigenvalue weighted by atomic mass is 9.90. The van der Waals surface area contributed by atoms with E-state index in [0.29, 0.717) is 24.6 Å². The molecule has 2 aromatic rings. The average molecular weight is 488 g/mol. The topological polar surface area (TPSA) is 79.0 Å². The summed E-state index contributed by atoms with van der Waals surface area (Å²) in [5.41, 5.74) is 1.93. The van der Waals surface area contributed by atoms with Gasteiger partial charge < -0.3 is 10.1 Å². The Balaban J connectivity index is 1.41. The number of ether oxygens (including phenoxy) is 1. The highest BCUT2D eigenvalue weighted by Crippen LogP contribution is 2.23. The van der Waals surface area contributed by atoms with E-state index in [1.54, 1.807) is 24.3 Å². The Labute approximate surface area is 204 Å². The standard InChI is InChI=1S/C26H37N3O4S/c1-4-33-24-13-11-21(12-14-24)9-10-22-15-17-29(18-16-22)20-26(30)27-19-23-7-5-6-8-25(23)34(31,32)28(2)3/h5-8,11-14,22H,4,9-10,15-20H2,1-3H3,(H,27,30). The molecule has 3 rings (SSSR count). The summed E-state index contributed by atoms with van der Waals surface area (Å²) in [7, 11) is -0.541. The summed E-state index contributed by atoms with van der Waals surface area (Å²) in [6.07, 6.45) is 4.40. The third-order valence-corrected chi connectivity index (χ3v) is 8.27. The number of carbonyl (C=O) groups excluding carboxylic acids is 1. The van der Waals surface area contributed by atoms with Crippen LogP contribution < -0.4 is 10.1 Å². The van der Waals surface area contributed by atoms with Gasteiger partial charge in [-0.3, -0.25) is 9.69 Å². The van der Waals surface area contributed by atoms with E-state index in [4.69, 9.17) is 4.74 Å². The molecule has 34 heavy (non-hydrogen) atoms. The van der Waals surface area contributed by atoms with Crippen molar-refractivity contribution < 1.29 is 17.9 Å². The number of benzene rings is 2. The van der Waals surface area contributed by atoms with E-state index in [1.807, 2.05) is 19.1 Å². The molecule has 0 spiro atoms. The van der Waals surface area contributed by atoms with E-state index < -0.39 is 10.0 Å². The molecule has 1 aliphatic heterocycles. The molecule has 8 heteroatoms. The molecule has 1 heterocycles. The zero-order valence-corrected chi connectivity index (χ0v) is 21.3. The Bertz CT molecular complexity index is 1030. The van der Waals surface area contributed by atoms with Crippen LogP contribution in [0.15, 0.2) is 53.4 Å². The Morgan fingerprint density at radius 2 is 1.76 bits per heavy atom. The van der Waals surface area contributed by atoms with Crippen LogP contribution in [0.2, 0.25) is 0 Å². The van der Waals surface area contributed by atoms with E-state index in [2.05, 4.69) is 22.3 Å². The first-order valence-electron chi connectivity index (χ1n) is 12.0. The zero-order chi connectivity index (χ0) is 24.6. The van der Waals surface area contributed by atoms with Crippen molar-refractivity contribution in [2.75, 3.05) is 40.3 Å². The molecule has 0 aromatic heterocycles. The molecule has 0 aliphatic carbocycles. The SMILES string of the molecule is CCOc1ccc(CCC2CCN(CC(=O)NCc3ccccc3S(=O)(=O)N(C)C)CC2)cc1. The number of hydrogen-bond acceptors (Lipinski definition) is 5. The quantitative estimate of drug-likeness (QED) is 0.526. The van der Waals surface area contributed by atoms with Gasteiger partial charge in [0.25, 0.3) is 0 Å². The lowest BCUT2D eigenvalue weighted by Gasteiger charge is -2.31. The second-order valence-corrected chi connectivity index (χ2v) is 11.1. The van der Waals surface area contributed by atoms with Crippen LogP contribution in [0.5, 0.6) is 5.75 Å². The van der Waals surface area contributed by atoms with Gasteiger partial charge in [-0.25, -0.2) is 12.7 Å². The average Bonchev–Trinajstić information content (AvgIpc) is 2.83. The molecule has 1 amide bonds. The Hall–Kier alpha value is -2.42. The molecule has 2 aromatic carbocycles. The number of amides is 1. The number of hydrogen-bond donors (Lipinski definition) is 1. The Morgan fingerprint density at radius 1 is 1.09 bits per heavy atom. The number of aryl methyl sites for hydroxylation is 1. The molecule has 186 valence electrons. The number of carbonyl (C=O) groups is 1. The molecule has 7 nitrogen and oxygen atoms in total. The molecule has 1 N–H and O–H groups in total. The highest BCUT2D eigenvalue weighted by molar-refractivity contribution is 7.89. The molecule has 1 aliphatic rings. The maximum atomic E-state index is 12.5. The molecule has 0 atom stereocenters. The van der Waals surface area contributed by atoms with Crippen molar-refractivity contribution in [3.63, 3.8) is 0 Å². The zero-order valence-electron chi connectivity index (χ0n) is 20.5. The number of piperidine rings is 1. The Morgan fingerprint density at radius 3 is 2.41 bits per heavy atom. The van der Waals surface area contributed by atoms with Gasteiger partial charge in [-0.05, 0) is 80.9 Å². The first kappa shape index (κ1) is 26.2. The van der Waals surface area contributed by atoms with Crippen LogP contribution in [0.25, 0.3) is 0 Å². The Kier molecular flexibility index (Phi) is 9.50. The van der Waals surface area contributed by atoms with Gasteiger partial charge in [0.2, 0.25) is 15.9 Å². The fourth-order valence-electron chi connectivity index (χ4n) is 4.27. The molecule has 0 unspecified atom stereocenters. The summed E-state index contributed by atoms with van der Waals surface area (Å²) in [4.78, 5) is 14.9. The fourth-order valence-corrected chi connectivity index (χ4v) is 5.39. The van der Waals surface area contributed by atoms with E-state index in [-0.39, 0.29) is 17.3 Å². The van der Waals surface area contributed by atoms with Gasteiger partial charge >= 0.3 is 0 Å². The van der Waals surface area contributed by atoms with E-state index in [1.165, 1.54) is 24.0 Å². The normalized spacial score (nSPS) is 15.4. The number of nitrogens with zero attached hydrogens (tertiary/aromatic N) is 2. The van der Waals surface area contributed by atoms with Gasteiger partial charge in [0.15, 0.2) is 0 Å².